The van der Waals surface area contributed by atoms with Crippen molar-refractivity contribution in [1.82, 2.24) is 0 Å². The Labute approximate surface area is 54.9 Å². The van der Waals surface area contributed by atoms with Gasteiger partial charge < -0.3 is 10.5 Å². The van der Waals surface area contributed by atoms with Crippen LogP contribution >= 0.6 is 0 Å². The summed E-state index contributed by atoms with van der Waals surface area (Å²) in [5, 5.41) is 0. The van der Waals surface area contributed by atoms with Crippen LogP contribution in [0.2, 0.25) is 0 Å². The molecule has 0 bridgehead atoms. The summed E-state index contributed by atoms with van der Waals surface area (Å²) in [6, 6.07) is 0.323. The Balaban J connectivity index is 2.23. The summed E-state index contributed by atoms with van der Waals surface area (Å²) in [5.74, 6) is 0. The van der Waals surface area contributed by atoms with Crippen LogP contribution in [0.25, 0.3) is 0 Å². The lowest BCUT2D eigenvalue weighted by molar-refractivity contribution is 0.0830. The van der Waals surface area contributed by atoms with E-state index in [1.54, 1.807) is 0 Å². The third-order valence-electron chi connectivity index (χ3n) is 1.43. The zero-order valence-electron chi connectivity index (χ0n) is 5.42. The van der Waals surface area contributed by atoms with E-state index in [0.717, 1.165) is 26.1 Å². The van der Waals surface area contributed by atoms with Gasteiger partial charge in [0.15, 0.2) is 0 Å². The Morgan fingerprint density at radius 3 is 3.11 bits per heavy atom. The average molecular weight is 128 g/mol. The van der Waals surface area contributed by atoms with Gasteiger partial charge in [-0.25, -0.2) is 0 Å². The maximum absolute atomic E-state index is 5.17. The van der Waals surface area contributed by atoms with Gasteiger partial charge in [-0.3, -0.25) is 4.99 Å². The molecule has 1 unspecified atom stereocenters. The predicted octanol–water partition coefficient (Wildman–Crippen LogP) is 0.152. The molecule has 0 radical (unpaired) electrons. The summed E-state index contributed by atoms with van der Waals surface area (Å²) in [7, 11) is 0. The van der Waals surface area contributed by atoms with Crippen LogP contribution in [0.15, 0.2) is 4.99 Å². The fourth-order valence-corrected chi connectivity index (χ4v) is 0.963. The minimum absolute atomic E-state index is 0.323. The number of aliphatic imine (C=N–C) groups is 1. The molecule has 3 nitrogen and oxygen atoms in total. The van der Waals surface area contributed by atoms with Crippen molar-refractivity contribution in [2.75, 3.05) is 13.2 Å². The smallest absolute Gasteiger partial charge is 0.0802 e. The third kappa shape index (κ3) is 2.01. The molecular weight excluding hydrogens is 116 g/mol. The molecule has 1 fully saturated rings. The molecule has 0 aromatic carbocycles. The van der Waals surface area contributed by atoms with Gasteiger partial charge in [0.1, 0.15) is 0 Å². The summed E-state index contributed by atoms with van der Waals surface area (Å²) in [5.41, 5.74) is 5.11. The Hall–Kier alpha value is -0.570. The number of hydrogen-bond acceptors (Lipinski definition) is 2. The van der Waals surface area contributed by atoms with Crippen molar-refractivity contribution < 1.29 is 4.74 Å². The highest BCUT2D eigenvalue weighted by atomic mass is 16.5. The molecule has 0 spiro atoms. The second-order valence-electron chi connectivity index (χ2n) is 2.17. The minimum atomic E-state index is 0.323. The van der Waals surface area contributed by atoms with E-state index in [9.17, 15) is 0 Å². The van der Waals surface area contributed by atoms with Crippen LogP contribution in [0.4, 0.5) is 0 Å². The van der Waals surface area contributed by atoms with Crippen molar-refractivity contribution in [3.05, 3.63) is 0 Å². The molecular formula is C6H12N2O. The van der Waals surface area contributed by atoms with Gasteiger partial charge in [-0.15, -0.1) is 0 Å². The van der Waals surface area contributed by atoms with E-state index in [1.807, 2.05) is 0 Å². The lowest BCUT2D eigenvalue weighted by Crippen LogP contribution is -2.21. The van der Waals surface area contributed by atoms with E-state index >= 15 is 0 Å². The normalized spacial score (nSPS) is 29.1. The molecule has 9 heavy (non-hydrogen) atoms. The number of ether oxygens (including phenoxy) is 1. The predicted molar refractivity (Wildman–Crippen MR) is 36.5 cm³/mol. The molecule has 1 rings (SSSR count). The Bertz CT molecular complexity index is 97.2. The Kier molecular flexibility index (Phi) is 2.51. The summed E-state index contributed by atoms with van der Waals surface area (Å²) in [6.07, 6.45) is 3.59. The first-order valence-electron chi connectivity index (χ1n) is 3.24. The zero-order chi connectivity index (χ0) is 6.53. The van der Waals surface area contributed by atoms with Crippen LogP contribution in [0.3, 0.4) is 0 Å². The standard InChI is InChI=1S/C6H12N2O/c7-5-8-6-2-1-3-9-4-6/h5-6H,1-4H2,(H2,7,8). The van der Waals surface area contributed by atoms with E-state index in [2.05, 4.69) is 4.99 Å². The number of nitrogens with zero attached hydrogens (tertiary/aromatic N) is 1. The van der Waals surface area contributed by atoms with Gasteiger partial charge in [0.2, 0.25) is 0 Å². The van der Waals surface area contributed by atoms with E-state index < -0.39 is 0 Å². The van der Waals surface area contributed by atoms with Gasteiger partial charge in [-0.1, -0.05) is 0 Å². The number of rotatable bonds is 1. The van der Waals surface area contributed by atoms with Crippen LogP contribution in [0, 0.1) is 0 Å². The van der Waals surface area contributed by atoms with E-state index in [1.165, 1.54) is 6.34 Å². The molecule has 3 heteroatoms. The highest BCUT2D eigenvalue weighted by Crippen LogP contribution is 2.08. The molecule has 0 aromatic heterocycles. The second kappa shape index (κ2) is 3.45. The van der Waals surface area contributed by atoms with Gasteiger partial charge in [-0.2, -0.15) is 0 Å². The van der Waals surface area contributed by atoms with Crippen LogP contribution < -0.4 is 5.73 Å². The Morgan fingerprint density at radius 2 is 2.56 bits per heavy atom. The molecule has 1 aliphatic heterocycles. The average Bonchev–Trinajstić information content (AvgIpc) is 1.91. The van der Waals surface area contributed by atoms with Crippen molar-refractivity contribution in [2.45, 2.75) is 18.9 Å². The highest BCUT2D eigenvalue weighted by Gasteiger charge is 2.10. The monoisotopic (exact) mass is 128 g/mol. The summed E-state index contributed by atoms with van der Waals surface area (Å²) >= 11 is 0. The summed E-state index contributed by atoms with van der Waals surface area (Å²) < 4.78 is 5.17. The Morgan fingerprint density at radius 1 is 1.67 bits per heavy atom. The van der Waals surface area contributed by atoms with Gasteiger partial charge in [0.05, 0.1) is 19.0 Å². The van der Waals surface area contributed by atoms with Crippen molar-refractivity contribution in [3.63, 3.8) is 0 Å². The van der Waals surface area contributed by atoms with Gasteiger partial charge in [0.25, 0.3) is 0 Å². The van der Waals surface area contributed by atoms with Crippen LogP contribution in [0.1, 0.15) is 12.8 Å². The molecule has 0 aliphatic carbocycles. The van der Waals surface area contributed by atoms with Crippen molar-refractivity contribution in [2.24, 2.45) is 10.7 Å². The number of nitrogens with two attached hydrogens (primary N) is 1. The van der Waals surface area contributed by atoms with Gasteiger partial charge >= 0.3 is 0 Å². The van der Waals surface area contributed by atoms with Crippen molar-refractivity contribution >= 4 is 6.34 Å². The molecule has 0 saturated carbocycles. The molecule has 52 valence electrons. The maximum atomic E-state index is 5.17. The fraction of sp³-hybridized carbons (Fsp3) is 0.833. The molecule has 1 atom stereocenters. The lowest BCUT2D eigenvalue weighted by Gasteiger charge is -2.17. The molecule has 1 aliphatic rings. The third-order valence-corrected chi connectivity index (χ3v) is 1.43. The lowest BCUT2D eigenvalue weighted by atomic mass is 10.1. The first-order valence-corrected chi connectivity index (χ1v) is 3.24. The molecule has 2 N–H and O–H groups in total. The van der Waals surface area contributed by atoms with E-state index in [4.69, 9.17) is 10.5 Å². The van der Waals surface area contributed by atoms with Gasteiger partial charge in [-0.05, 0) is 12.8 Å². The van der Waals surface area contributed by atoms with Crippen molar-refractivity contribution in [1.29, 1.82) is 0 Å². The molecule has 1 heterocycles. The van der Waals surface area contributed by atoms with Crippen LogP contribution in [-0.2, 0) is 4.74 Å². The quantitative estimate of drug-likeness (QED) is 0.403. The molecule has 1 saturated heterocycles. The second-order valence-corrected chi connectivity index (χ2v) is 2.17. The van der Waals surface area contributed by atoms with Crippen LogP contribution in [0.5, 0.6) is 0 Å². The first kappa shape index (κ1) is 6.55. The number of hydrogen-bond donors (Lipinski definition) is 1. The SMILES string of the molecule is NC=NC1CCCOC1. The van der Waals surface area contributed by atoms with E-state index in [0.29, 0.717) is 6.04 Å². The molecule has 0 aromatic rings. The zero-order valence-corrected chi connectivity index (χ0v) is 5.42. The minimum Gasteiger partial charge on any atom is -0.390 e. The van der Waals surface area contributed by atoms with Crippen LogP contribution in [-0.4, -0.2) is 25.6 Å². The topological polar surface area (TPSA) is 47.6 Å². The maximum Gasteiger partial charge on any atom is 0.0802 e. The fourth-order valence-electron chi connectivity index (χ4n) is 0.963. The largest absolute Gasteiger partial charge is 0.390 e. The summed E-state index contributed by atoms with van der Waals surface area (Å²) in [4.78, 5) is 4.01. The first-order chi connectivity index (χ1) is 4.43. The van der Waals surface area contributed by atoms with E-state index in [-0.39, 0.29) is 0 Å². The van der Waals surface area contributed by atoms with Crippen molar-refractivity contribution in [3.8, 4) is 0 Å². The summed E-state index contributed by atoms with van der Waals surface area (Å²) in [6.45, 7) is 1.63. The highest BCUT2D eigenvalue weighted by molar-refractivity contribution is 5.51. The molecule has 0 amide bonds. The van der Waals surface area contributed by atoms with Gasteiger partial charge in [0, 0.05) is 6.61 Å².